The standard InChI is InChI=1S/C23H23N3O6/c27-19(10-9-18-4-3-15-32-18)20-21(16-5-7-17(8-6-16)26(30)31)25(23(29)22(20)28)14-13-24-11-1-2-12-24/h3-10,15,21,28H,1-2,11-14H2/b10-9+. The first kappa shape index (κ1) is 21.5. The van der Waals surface area contributed by atoms with Crippen LogP contribution in [0.1, 0.15) is 30.2 Å². The van der Waals surface area contributed by atoms with Crippen LogP contribution in [0.4, 0.5) is 5.69 Å². The maximum Gasteiger partial charge on any atom is 0.290 e. The van der Waals surface area contributed by atoms with Crippen molar-refractivity contribution in [3.8, 4) is 0 Å². The molecule has 166 valence electrons. The van der Waals surface area contributed by atoms with E-state index in [1.165, 1.54) is 47.6 Å². The van der Waals surface area contributed by atoms with Gasteiger partial charge in [0.1, 0.15) is 5.76 Å². The number of likely N-dealkylation sites (tertiary alicyclic amines) is 1. The Bertz CT molecular complexity index is 1070. The number of ketones is 1. The first-order valence-electron chi connectivity index (χ1n) is 10.4. The predicted octanol–water partition coefficient (Wildman–Crippen LogP) is 3.26. The van der Waals surface area contributed by atoms with Crippen LogP contribution in [-0.4, -0.2) is 57.7 Å². The lowest BCUT2D eigenvalue weighted by molar-refractivity contribution is -0.384. The highest BCUT2D eigenvalue weighted by atomic mass is 16.6. The Kier molecular flexibility index (Phi) is 6.18. The van der Waals surface area contributed by atoms with Crippen LogP contribution in [0.15, 0.2) is 64.5 Å². The van der Waals surface area contributed by atoms with E-state index >= 15 is 0 Å². The first-order valence-corrected chi connectivity index (χ1v) is 10.4. The van der Waals surface area contributed by atoms with Gasteiger partial charge in [-0.25, -0.2) is 0 Å². The van der Waals surface area contributed by atoms with E-state index in [0.29, 0.717) is 24.4 Å². The number of non-ortho nitro benzene ring substituents is 1. The van der Waals surface area contributed by atoms with Gasteiger partial charge in [-0.1, -0.05) is 0 Å². The fourth-order valence-electron chi connectivity index (χ4n) is 4.15. The predicted molar refractivity (Wildman–Crippen MR) is 116 cm³/mol. The van der Waals surface area contributed by atoms with Crippen LogP contribution in [0.5, 0.6) is 0 Å². The zero-order chi connectivity index (χ0) is 22.7. The number of aliphatic hydroxyl groups excluding tert-OH is 1. The summed E-state index contributed by atoms with van der Waals surface area (Å²) in [6, 6.07) is 8.21. The minimum absolute atomic E-state index is 0.0481. The molecule has 0 spiro atoms. The van der Waals surface area contributed by atoms with Crippen LogP contribution in [-0.2, 0) is 9.59 Å². The highest BCUT2D eigenvalue weighted by molar-refractivity contribution is 6.14. The van der Waals surface area contributed by atoms with E-state index in [9.17, 15) is 24.8 Å². The summed E-state index contributed by atoms with van der Waals surface area (Å²) in [7, 11) is 0. The molecule has 0 saturated carbocycles. The van der Waals surface area contributed by atoms with Gasteiger partial charge >= 0.3 is 0 Å². The Labute approximate surface area is 184 Å². The second kappa shape index (κ2) is 9.19. The fourth-order valence-corrected chi connectivity index (χ4v) is 4.15. The van der Waals surface area contributed by atoms with Gasteiger partial charge in [-0.05, 0) is 67.9 Å². The van der Waals surface area contributed by atoms with Crippen LogP contribution >= 0.6 is 0 Å². The van der Waals surface area contributed by atoms with Gasteiger partial charge in [0.05, 0.1) is 22.8 Å². The number of hydrogen-bond donors (Lipinski definition) is 1. The van der Waals surface area contributed by atoms with E-state index < -0.39 is 28.4 Å². The van der Waals surface area contributed by atoms with E-state index in [1.54, 1.807) is 12.1 Å². The molecule has 2 aliphatic heterocycles. The molecule has 3 heterocycles. The number of allylic oxidation sites excluding steroid dienone is 1. The van der Waals surface area contributed by atoms with Gasteiger partial charge in [0.15, 0.2) is 11.5 Å². The Hall–Kier alpha value is -3.72. The van der Waals surface area contributed by atoms with Crippen molar-refractivity contribution in [2.75, 3.05) is 26.2 Å². The largest absolute Gasteiger partial charge is 0.503 e. The second-order valence-electron chi connectivity index (χ2n) is 7.77. The van der Waals surface area contributed by atoms with E-state index in [4.69, 9.17) is 4.42 Å². The molecule has 1 aromatic carbocycles. The molecular weight excluding hydrogens is 414 g/mol. The van der Waals surface area contributed by atoms with Crippen LogP contribution in [0.25, 0.3) is 6.08 Å². The van der Waals surface area contributed by atoms with Crippen molar-refractivity contribution in [3.05, 3.63) is 81.5 Å². The molecule has 9 nitrogen and oxygen atoms in total. The Morgan fingerprint density at radius 3 is 2.53 bits per heavy atom. The highest BCUT2D eigenvalue weighted by Crippen LogP contribution is 2.38. The Balaban J connectivity index is 1.65. The third kappa shape index (κ3) is 4.33. The molecule has 0 aliphatic carbocycles. The summed E-state index contributed by atoms with van der Waals surface area (Å²) in [5.74, 6) is -1.29. The number of carbonyl (C=O) groups is 2. The Morgan fingerprint density at radius 2 is 1.91 bits per heavy atom. The fraction of sp³-hybridized carbons (Fsp3) is 0.304. The molecule has 2 aliphatic rings. The van der Waals surface area contributed by atoms with Crippen LogP contribution < -0.4 is 0 Å². The minimum atomic E-state index is -0.834. The number of aliphatic hydroxyl groups is 1. The van der Waals surface area contributed by atoms with Gasteiger partial charge < -0.3 is 19.3 Å². The number of hydrogen-bond acceptors (Lipinski definition) is 7. The molecule has 1 saturated heterocycles. The van der Waals surface area contributed by atoms with Crippen molar-refractivity contribution in [2.24, 2.45) is 0 Å². The van der Waals surface area contributed by atoms with E-state index in [-0.39, 0.29) is 11.3 Å². The van der Waals surface area contributed by atoms with Gasteiger partial charge in [0, 0.05) is 25.2 Å². The third-order valence-corrected chi connectivity index (χ3v) is 5.79. The summed E-state index contributed by atoms with van der Waals surface area (Å²) in [6.45, 7) is 2.83. The number of nitro groups is 1. The molecule has 1 unspecified atom stereocenters. The monoisotopic (exact) mass is 437 g/mol. The maximum atomic E-state index is 13.0. The second-order valence-corrected chi connectivity index (χ2v) is 7.77. The van der Waals surface area contributed by atoms with Crippen molar-refractivity contribution in [1.29, 1.82) is 0 Å². The van der Waals surface area contributed by atoms with E-state index in [0.717, 1.165) is 25.9 Å². The molecule has 32 heavy (non-hydrogen) atoms. The zero-order valence-corrected chi connectivity index (χ0v) is 17.3. The molecule has 1 fully saturated rings. The number of rotatable bonds is 8. The van der Waals surface area contributed by atoms with E-state index in [1.807, 2.05) is 0 Å². The third-order valence-electron chi connectivity index (χ3n) is 5.79. The molecular formula is C23H23N3O6. The van der Waals surface area contributed by atoms with Crippen molar-refractivity contribution < 1.29 is 24.0 Å². The number of benzene rings is 1. The lowest BCUT2D eigenvalue weighted by Crippen LogP contribution is -2.37. The number of carbonyl (C=O) groups excluding carboxylic acids is 2. The Morgan fingerprint density at radius 1 is 1.19 bits per heavy atom. The molecule has 9 heteroatoms. The molecule has 1 N–H and O–H groups in total. The molecule has 0 radical (unpaired) electrons. The average Bonchev–Trinajstić information content (AvgIpc) is 3.54. The van der Waals surface area contributed by atoms with Crippen molar-refractivity contribution in [1.82, 2.24) is 9.80 Å². The topological polar surface area (TPSA) is 117 Å². The summed E-state index contributed by atoms with van der Waals surface area (Å²) < 4.78 is 5.19. The molecule has 2 aromatic rings. The number of nitrogens with zero attached hydrogens (tertiary/aromatic N) is 3. The first-order chi connectivity index (χ1) is 15.5. The van der Waals surface area contributed by atoms with Gasteiger partial charge in [-0.3, -0.25) is 19.7 Å². The number of amides is 1. The number of furan rings is 1. The van der Waals surface area contributed by atoms with Gasteiger partial charge in [0.25, 0.3) is 11.6 Å². The summed E-state index contributed by atoms with van der Waals surface area (Å²) in [5.41, 5.74) is 0.373. The van der Waals surface area contributed by atoms with Crippen LogP contribution in [0, 0.1) is 10.1 Å². The molecule has 4 rings (SSSR count). The zero-order valence-electron chi connectivity index (χ0n) is 17.3. The maximum absolute atomic E-state index is 13.0. The lowest BCUT2D eigenvalue weighted by Gasteiger charge is -2.28. The van der Waals surface area contributed by atoms with Crippen molar-refractivity contribution >= 4 is 23.5 Å². The van der Waals surface area contributed by atoms with Crippen LogP contribution in [0.3, 0.4) is 0 Å². The summed E-state index contributed by atoms with van der Waals surface area (Å²) in [6.07, 6.45) is 6.39. The van der Waals surface area contributed by atoms with Gasteiger partial charge in [-0.2, -0.15) is 0 Å². The molecule has 1 aromatic heterocycles. The lowest BCUT2D eigenvalue weighted by atomic mass is 9.95. The van der Waals surface area contributed by atoms with Gasteiger partial charge in [-0.15, -0.1) is 0 Å². The average molecular weight is 437 g/mol. The molecule has 1 atom stereocenters. The minimum Gasteiger partial charge on any atom is -0.503 e. The normalized spacial score (nSPS) is 19.4. The quantitative estimate of drug-likeness (QED) is 0.383. The van der Waals surface area contributed by atoms with Crippen LogP contribution in [0.2, 0.25) is 0 Å². The SMILES string of the molecule is O=C(/C=C/c1ccco1)C1=C(O)C(=O)N(CCN2CCCC2)C1c1ccc([N+](=O)[O-])cc1. The molecule has 0 bridgehead atoms. The smallest absolute Gasteiger partial charge is 0.290 e. The van der Waals surface area contributed by atoms with Gasteiger partial charge in [0.2, 0.25) is 0 Å². The number of nitro benzene ring substituents is 1. The highest BCUT2D eigenvalue weighted by Gasteiger charge is 2.43. The van der Waals surface area contributed by atoms with Crippen molar-refractivity contribution in [3.63, 3.8) is 0 Å². The summed E-state index contributed by atoms with van der Waals surface area (Å²) in [5, 5.41) is 21.6. The van der Waals surface area contributed by atoms with Crippen molar-refractivity contribution in [2.45, 2.75) is 18.9 Å². The summed E-state index contributed by atoms with van der Waals surface area (Å²) >= 11 is 0. The van der Waals surface area contributed by atoms with E-state index in [2.05, 4.69) is 4.90 Å². The molecule has 1 amide bonds. The summed E-state index contributed by atoms with van der Waals surface area (Å²) in [4.78, 5) is 40.1.